The van der Waals surface area contributed by atoms with Gasteiger partial charge in [-0.25, -0.2) is 9.97 Å². The molecule has 2 N–H and O–H groups in total. The molecule has 0 spiro atoms. The Balaban J connectivity index is 2.19. The number of rotatable bonds is 4. The van der Waals surface area contributed by atoms with Crippen LogP contribution in [0.1, 0.15) is 0 Å². The molecule has 0 fully saturated rings. The number of aromatic nitrogens is 3. The SMILES string of the molecule is COCCn1cc(-c2ccnc(N)n2)c2cc(I)ccc21. The van der Waals surface area contributed by atoms with Crippen LogP contribution in [-0.4, -0.2) is 28.3 Å². The number of hydrogen-bond acceptors (Lipinski definition) is 4. The Kier molecular flexibility index (Phi) is 4.07. The van der Waals surface area contributed by atoms with Crippen LogP contribution in [0.25, 0.3) is 22.2 Å². The van der Waals surface area contributed by atoms with Crippen LogP contribution < -0.4 is 5.73 Å². The van der Waals surface area contributed by atoms with Crippen molar-refractivity contribution in [1.29, 1.82) is 0 Å². The van der Waals surface area contributed by atoms with Crippen LogP contribution in [-0.2, 0) is 11.3 Å². The van der Waals surface area contributed by atoms with Crippen LogP contribution in [0.15, 0.2) is 36.7 Å². The molecule has 2 aromatic heterocycles. The molecule has 108 valence electrons. The number of fused-ring (bicyclic) bond motifs is 1. The summed E-state index contributed by atoms with van der Waals surface area (Å²) in [5.41, 5.74) is 8.77. The Morgan fingerprint density at radius 3 is 2.95 bits per heavy atom. The Labute approximate surface area is 136 Å². The topological polar surface area (TPSA) is 66.0 Å². The molecule has 0 aliphatic heterocycles. The highest BCUT2D eigenvalue weighted by Crippen LogP contribution is 2.30. The number of nitrogen functional groups attached to an aromatic ring is 1. The van der Waals surface area contributed by atoms with Gasteiger partial charge in [0.15, 0.2) is 0 Å². The van der Waals surface area contributed by atoms with E-state index in [4.69, 9.17) is 10.5 Å². The van der Waals surface area contributed by atoms with Crippen LogP contribution in [0.2, 0.25) is 0 Å². The van der Waals surface area contributed by atoms with E-state index in [2.05, 4.69) is 61.5 Å². The molecule has 0 saturated carbocycles. The summed E-state index contributed by atoms with van der Waals surface area (Å²) in [5, 5.41) is 1.16. The molecule has 0 amide bonds. The van der Waals surface area contributed by atoms with E-state index in [0.29, 0.717) is 6.61 Å². The number of methoxy groups -OCH3 is 1. The Hall–Kier alpha value is -1.67. The minimum absolute atomic E-state index is 0.288. The normalized spacial score (nSPS) is 11.1. The maximum atomic E-state index is 5.71. The molecule has 21 heavy (non-hydrogen) atoms. The van der Waals surface area contributed by atoms with Crippen LogP contribution in [0, 0.1) is 3.57 Å². The van der Waals surface area contributed by atoms with Gasteiger partial charge in [0.05, 0.1) is 12.3 Å². The third-order valence-corrected chi connectivity index (χ3v) is 4.00. The van der Waals surface area contributed by atoms with Gasteiger partial charge < -0.3 is 15.0 Å². The molecular formula is C15H15IN4O. The highest BCUT2D eigenvalue weighted by atomic mass is 127. The molecule has 3 aromatic rings. The summed E-state index contributed by atoms with van der Waals surface area (Å²) in [6.07, 6.45) is 3.78. The lowest BCUT2D eigenvalue weighted by Crippen LogP contribution is -2.02. The van der Waals surface area contributed by atoms with Gasteiger partial charge in [0.25, 0.3) is 0 Å². The van der Waals surface area contributed by atoms with Crippen molar-refractivity contribution in [2.45, 2.75) is 6.54 Å². The average molecular weight is 394 g/mol. The standard InChI is InChI=1S/C15H15IN4O/c1-21-7-6-20-9-12(13-4-5-18-15(17)19-13)11-8-10(16)2-3-14(11)20/h2-5,8-9H,6-7H2,1H3,(H2,17,18,19). The van der Waals surface area contributed by atoms with Gasteiger partial charge >= 0.3 is 0 Å². The molecule has 3 rings (SSSR count). The summed E-state index contributed by atoms with van der Waals surface area (Å²) in [7, 11) is 1.71. The largest absolute Gasteiger partial charge is 0.383 e. The van der Waals surface area contributed by atoms with E-state index < -0.39 is 0 Å². The molecule has 0 aliphatic carbocycles. The molecule has 0 radical (unpaired) electrons. The zero-order chi connectivity index (χ0) is 14.8. The molecule has 2 heterocycles. The van der Waals surface area contributed by atoms with Crippen molar-refractivity contribution in [3.63, 3.8) is 0 Å². The lowest BCUT2D eigenvalue weighted by molar-refractivity contribution is 0.188. The van der Waals surface area contributed by atoms with Crippen molar-refractivity contribution >= 4 is 39.4 Å². The van der Waals surface area contributed by atoms with E-state index in [0.717, 1.165) is 23.2 Å². The Bertz CT molecular complexity index is 784. The van der Waals surface area contributed by atoms with E-state index in [9.17, 15) is 0 Å². The summed E-state index contributed by atoms with van der Waals surface area (Å²) in [5.74, 6) is 0.288. The molecule has 0 atom stereocenters. The van der Waals surface area contributed by atoms with Crippen LogP contribution in [0.3, 0.4) is 0 Å². The van der Waals surface area contributed by atoms with Crippen LogP contribution >= 0.6 is 22.6 Å². The summed E-state index contributed by atoms with van der Waals surface area (Å²) in [4.78, 5) is 8.29. The second kappa shape index (κ2) is 5.98. The zero-order valence-electron chi connectivity index (χ0n) is 11.6. The fraction of sp³-hybridized carbons (Fsp3) is 0.200. The van der Waals surface area contributed by atoms with E-state index in [1.54, 1.807) is 13.3 Å². The zero-order valence-corrected chi connectivity index (χ0v) is 13.7. The maximum Gasteiger partial charge on any atom is 0.220 e. The van der Waals surface area contributed by atoms with Crippen molar-refractivity contribution in [1.82, 2.24) is 14.5 Å². The van der Waals surface area contributed by atoms with Gasteiger partial charge in [-0.1, -0.05) is 0 Å². The molecule has 0 unspecified atom stereocenters. The number of halogens is 1. The van der Waals surface area contributed by atoms with Gasteiger partial charge in [0.1, 0.15) is 0 Å². The number of anilines is 1. The fourth-order valence-corrected chi connectivity index (χ4v) is 2.86. The quantitative estimate of drug-likeness (QED) is 0.692. The van der Waals surface area contributed by atoms with Crippen molar-refractivity contribution < 1.29 is 4.74 Å². The second-order valence-electron chi connectivity index (χ2n) is 4.69. The smallest absolute Gasteiger partial charge is 0.220 e. The fourth-order valence-electron chi connectivity index (χ4n) is 2.37. The van der Waals surface area contributed by atoms with E-state index in [-0.39, 0.29) is 5.95 Å². The monoisotopic (exact) mass is 394 g/mol. The molecule has 1 aromatic carbocycles. The van der Waals surface area contributed by atoms with Crippen LogP contribution in [0.4, 0.5) is 5.95 Å². The molecule has 0 bridgehead atoms. The maximum absolute atomic E-state index is 5.71. The predicted molar refractivity (Wildman–Crippen MR) is 92.0 cm³/mol. The summed E-state index contributed by atoms with van der Waals surface area (Å²) in [6, 6.07) is 8.27. The van der Waals surface area contributed by atoms with Gasteiger partial charge in [-0.2, -0.15) is 0 Å². The van der Waals surface area contributed by atoms with Gasteiger partial charge in [0, 0.05) is 46.1 Å². The van der Waals surface area contributed by atoms with E-state index >= 15 is 0 Å². The van der Waals surface area contributed by atoms with Crippen molar-refractivity contribution in [2.75, 3.05) is 19.5 Å². The van der Waals surface area contributed by atoms with Gasteiger partial charge in [-0.15, -0.1) is 0 Å². The average Bonchev–Trinajstić information content (AvgIpc) is 2.83. The molecule has 6 heteroatoms. The van der Waals surface area contributed by atoms with E-state index in [1.165, 1.54) is 9.09 Å². The van der Waals surface area contributed by atoms with Crippen molar-refractivity contribution in [2.24, 2.45) is 0 Å². The van der Waals surface area contributed by atoms with Gasteiger partial charge in [-0.05, 0) is 46.9 Å². The van der Waals surface area contributed by atoms with Crippen molar-refractivity contribution in [3.05, 3.63) is 40.2 Å². The lowest BCUT2D eigenvalue weighted by Gasteiger charge is -2.03. The first-order valence-electron chi connectivity index (χ1n) is 6.55. The predicted octanol–water partition coefficient (Wildman–Crippen LogP) is 2.93. The first-order chi connectivity index (χ1) is 10.2. The molecule has 0 aliphatic rings. The molecule has 5 nitrogen and oxygen atoms in total. The first kappa shape index (κ1) is 14.3. The van der Waals surface area contributed by atoms with E-state index in [1.807, 2.05) is 6.07 Å². The number of nitrogens with zero attached hydrogens (tertiary/aromatic N) is 3. The number of ether oxygens (including phenoxy) is 1. The minimum atomic E-state index is 0.288. The second-order valence-corrected chi connectivity index (χ2v) is 5.94. The first-order valence-corrected chi connectivity index (χ1v) is 7.63. The summed E-state index contributed by atoms with van der Waals surface area (Å²) < 4.78 is 8.56. The highest BCUT2D eigenvalue weighted by molar-refractivity contribution is 14.1. The summed E-state index contributed by atoms with van der Waals surface area (Å²) in [6.45, 7) is 1.47. The van der Waals surface area contributed by atoms with Gasteiger partial charge in [0.2, 0.25) is 5.95 Å². The lowest BCUT2D eigenvalue weighted by atomic mass is 10.1. The number of benzene rings is 1. The third-order valence-electron chi connectivity index (χ3n) is 3.33. The highest BCUT2D eigenvalue weighted by Gasteiger charge is 2.12. The molecular weight excluding hydrogens is 379 g/mol. The number of hydrogen-bond donors (Lipinski definition) is 1. The van der Waals surface area contributed by atoms with Crippen molar-refractivity contribution in [3.8, 4) is 11.3 Å². The minimum Gasteiger partial charge on any atom is -0.383 e. The number of nitrogens with two attached hydrogens (primary N) is 1. The summed E-state index contributed by atoms with van der Waals surface area (Å²) >= 11 is 2.32. The van der Waals surface area contributed by atoms with Gasteiger partial charge in [-0.3, -0.25) is 0 Å². The Morgan fingerprint density at radius 1 is 1.33 bits per heavy atom. The van der Waals surface area contributed by atoms with Crippen LogP contribution in [0.5, 0.6) is 0 Å². The molecule has 0 saturated heterocycles. The third kappa shape index (κ3) is 2.86. The Morgan fingerprint density at radius 2 is 2.19 bits per heavy atom.